The number of aromatic nitrogens is 1. The molecule has 1 N–H and O–H groups in total. The second kappa shape index (κ2) is 4.41. The van der Waals surface area contributed by atoms with Crippen molar-refractivity contribution in [3.8, 4) is 0 Å². The van der Waals surface area contributed by atoms with Crippen molar-refractivity contribution in [3.05, 3.63) is 53.3 Å². The number of benzene rings is 1. The van der Waals surface area contributed by atoms with Crippen LogP contribution in [0.5, 0.6) is 0 Å². The maximum Gasteiger partial charge on any atom is 0.272 e. The lowest BCUT2D eigenvalue weighted by atomic mass is 10.3. The van der Waals surface area contributed by atoms with Gasteiger partial charge in [0.2, 0.25) is 0 Å². The number of aryl methyl sites for hydroxylation is 1. The number of carbonyl (C=O) groups is 1. The molecule has 0 bridgehead atoms. The van der Waals surface area contributed by atoms with Gasteiger partial charge in [0.15, 0.2) is 0 Å². The molecule has 0 aliphatic heterocycles. The molecule has 1 aromatic carbocycles. The van der Waals surface area contributed by atoms with Gasteiger partial charge in [-0.05, 0) is 36.4 Å². The molecule has 1 heterocycles. The van der Waals surface area contributed by atoms with E-state index in [1.165, 1.54) is 0 Å². The lowest BCUT2D eigenvalue weighted by Crippen LogP contribution is -2.15. The molecule has 0 spiro atoms. The van der Waals surface area contributed by atoms with Crippen molar-refractivity contribution in [3.63, 3.8) is 0 Å². The number of hydrogen-bond donors (Lipinski definition) is 1. The average Bonchev–Trinajstić information content (AvgIpc) is 2.68. The lowest BCUT2D eigenvalue weighted by Gasteiger charge is -2.05. The number of amides is 1. The van der Waals surface area contributed by atoms with Crippen molar-refractivity contribution in [1.29, 1.82) is 0 Å². The summed E-state index contributed by atoms with van der Waals surface area (Å²) in [5.74, 6) is -0.130. The summed E-state index contributed by atoms with van der Waals surface area (Å²) < 4.78 is 1.77. The fourth-order valence-corrected chi connectivity index (χ4v) is 1.55. The molecule has 2 aromatic rings. The van der Waals surface area contributed by atoms with Crippen molar-refractivity contribution in [2.75, 3.05) is 5.32 Å². The van der Waals surface area contributed by atoms with Gasteiger partial charge in [-0.3, -0.25) is 4.79 Å². The summed E-state index contributed by atoms with van der Waals surface area (Å²) in [6.45, 7) is 0. The van der Waals surface area contributed by atoms with Crippen LogP contribution in [0.1, 0.15) is 10.5 Å². The Labute approximate surface area is 98.7 Å². The Hall–Kier alpha value is -1.74. The Morgan fingerprint density at radius 1 is 1.25 bits per heavy atom. The van der Waals surface area contributed by atoms with Gasteiger partial charge in [-0.25, -0.2) is 0 Å². The largest absolute Gasteiger partial charge is 0.347 e. The van der Waals surface area contributed by atoms with Crippen LogP contribution < -0.4 is 5.32 Å². The summed E-state index contributed by atoms with van der Waals surface area (Å²) in [5, 5.41) is 3.44. The van der Waals surface area contributed by atoms with Gasteiger partial charge in [0.1, 0.15) is 5.69 Å². The Balaban J connectivity index is 2.14. The number of nitrogens with one attached hydrogen (secondary N) is 1. The van der Waals surface area contributed by atoms with E-state index in [1.54, 1.807) is 34.9 Å². The zero-order valence-corrected chi connectivity index (χ0v) is 9.53. The van der Waals surface area contributed by atoms with Crippen LogP contribution in [-0.4, -0.2) is 10.5 Å². The zero-order chi connectivity index (χ0) is 11.5. The van der Waals surface area contributed by atoms with Crippen LogP contribution in [0.2, 0.25) is 5.02 Å². The standard InChI is InChI=1S/C12H11ClN2O/c1-15-8-2-3-11(15)12(16)14-10-6-4-9(13)5-7-10/h2-8H,1H3,(H,14,16). The molecule has 16 heavy (non-hydrogen) atoms. The molecule has 0 fully saturated rings. The number of rotatable bonds is 2. The molecule has 0 unspecified atom stereocenters. The molecule has 1 aromatic heterocycles. The van der Waals surface area contributed by atoms with Gasteiger partial charge in [0, 0.05) is 24.0 Å². The molecular weight excluding hydrogens is 224 g/mol. The smallest absolute Gasteiger partial charge is 0.272 e. The molecule has 2 rings (SSSR count). The van der Waals surface area contributed by atoms with E-state index in [4.69, 9.17) is 11.6 Å². The van der Waals surface area contributed by atoms with Gasteiger partial charge < -0.3 is 9.88 Å². The highest BCUT2D eigenvalue weighted by Gasteiger charge is 2.08. The third kappa shape index (κ3) is 2.25. The minimum absolute atomic E-state index is 0.130. The summed E-state index contributed by atoms with van der Waals surface area (Å²) in [6.07, 6.45) is 1.83. The number of nitrogens with zero attached hydrogens (tertiary/aromatic N) is 1. The summed E-state index contributed by atoms with van der Waals surface area (Å²) in [6, 6.07) is 10.6. The Kier molecular flexibility index (Phi) is 2.97. The molecule has 4 heteroatoms. The highest BCUT2D eigenvalue weighted by molar-refractivity contribution is 6.30. The zero-order valence-electron chi connectivity index (χ0n) is 8.77. The van der Waals surface area contributed by atoms with Crippen LogP contribution in [0.4, 0.5) is 5.69 Å². The molecule has 82 valence electrons. The number of carbonyl (C=O) groups excluding carboxylic acids is 1. The molecule has 0 aliphatic carbocycles. The van der Waals surface area contributed by atoms with E-state index in [1.807, 2.05) is 19.3 Å². The molecule has 0 aliphatic rings. The summed E-state index contributed by atoms with van der Waals surface area (Å²) in [4.78, 5) is 11.8. The van der Waals surface area contributed by atoms with Crippen molar-refractivity contribution < 1.29 is 4.79 Å². The second-order valence-electron chi connectivity index (χ2n) is 3.47. The molecular formula is C12H11ClN2O. The van der Waals surface area contributed by atoms with Crippen LogP contribution in [0.3, 0.4) is 0 Å². The topological polar surface area (TPSA) is 34.0 Å². The minimum atomic E-state index is -0.130. The maximum absolute atomic E-state index is 11.8. The monoisotopic (exact) mass is 234 g/mol. The number of hydrogen-bond acceptors (Lipinski definition) is 1. The molecule has 0 radical (unpaired) electrons. The first-order valence-electron chi connectivity index (χ1n) is 4.85. The third-order valence-electron chi connectivity index (χ3n) is 2.28. The third-order valence-corrected chi connectivity index (χ3v) is 2.53. The first kappa shape index (κ1) is 10.8. The van der Waals surface area contributed by atoms with Crippen molar-refractivity contribution in [1.82, 2.24) is 4.57 Å². The van der Waals surface area contributed by atoms with Crippen molar-refractivity contribution in [2.24, 2.45) is 7.05 Å². The van der Waals surface area contributed by atoms with Crippen LogP contribution >= 0.6 is 11.6 Å². The fourth-order valence-electron chi connectivity index (χ4n) is 1.43. The number of anilines is 1. The number of halogens is 1. The molecule has 1 amide bonds. The lowest BCUT2D eigenvalue weighted by molar-refractivity contribution is 0.101. The van der Waals surface area contributed by atoms with Gasteiger partial charge in [-0.2, -0.15) is 0 Å². The summed E-state index contributed by atoms with van der Waals surface area (Å²) >= 11 is 5.76. The first-order valence-corrected chi connectivity index (χ1v) is 5.23. The van der Waals surface area contributed by atoms with E-state index in [-0.39, 0.29) is 5.91 Å². The van der Waals surface area contributed by atoms with Gasteiger partial charge in [-0.15, -0.1) is 0 Å². The predicted octanol–water partition coefficient (Wildman–Crippen LogP) is 2.93. The predicted molar refractivity (Wildman–Crippen MR) is 64.8 cm³/mol. The maximum atomic E-state index is 11.8. The minimum Gasteiger partial charge on any atom is -0.347 e. The second-order valence-corrected chi connectivity index (χ2v) is 3.90. The van der Waals surface area contributed by atoms with Crippen LogP contribution in [0.25, 0.3) is 0 Å². The van der Waals surface area contributed by atoms with Crippen LogP contribution in [0, 0.1) is 0 Å². The molecule has 3 nitrogen and oxygen atoms in total. The van der Waals surface area contributed by atoms with Crippen molar-refractivity contribution >= 4 is 23.2 Å². The Morgan fingerprint density at radius 3 is 2.50 bits per heavy atom. The fraction of sp³-hybridized carbons (Fsp3) is 0.0833. The van der Waals surface area contributed by atoms with Crippen molar-refractivity contribution in [2.45, 2.75) is 0 Å². The van der Waals surface area contributed by atoms with Gasteiger partial charge in [0.25, 0.3) is 5.91 Å². The summed E-state index contributed by atoms with van der Waals surface area (Å²) in [5.41, 5.74) is 1.35. The van der Waals surface area contributed by atoms with Gasteiger partial charge in [0.05, 0.1) is 0 Å². The highest BCUT2D eigenvalue weighted by atomic mass is 35.5. The SMILES string of the molecule is Cn1cccc1C(=O)Nc1ccc(Cl)cc1. The van der Waals surface area contributed by atoms with Gasteiger partial charge in [-0.1, -0.05) is 11.6 Å². The van der Waals surface area contributed by atoms with E-state index in [2.05, 4.69) is 5.32 Å². The molecule has 0 saturated carbocycles. The Bertz CT molecular complexity index is 502. The van der Waals surface area contributed by atoms with E-state index in [0.29, 0.717) is 10.7 Å². The van der Waals surface area contributed by atoms with E-state index < -0.39 is 0 Å². The normalized spacial score (nSPS) is 10.1. The van der Waals surface area contributed by atoms with Crippen LogP contribution in [0.15, 0.2) is 42.6 Å². The molecule has 0 atom stereocenters. The van der Waals surface area contributed by atoms with Gasteiger partial charge >= 0.3 is 0 Å². The van der Waals surface area contributed by atoms with E-state index >= 15 is 0 Å². The summed E-state index contributed by atoms with van der Waals surface area (Å²) in [7, 11) is 1.83. The average molecular weight is 235 g/mol. The Morgan fingerprint density at radius 2 is 1.94 bits per heavy atom. The highest BCUT2D eigenvalue weighted by Crippen LogP contribution is 2.14. The quantitative estimate of drug-likeness (QED) is 0.852. The van der Waals surface area contributed by atoms with E-state index in [0.717, 1.165) is 5.69 Å². The van der Waals surface area contributed by atoms with Crippen LogP contribution in [-0.2, 0) is 7.05 Å². The van der Waals surface area contributed by atoms with E-state index in [9.17, 15) is 4.79 Å². The molecule has 0 saturated heterocycles. The first-order chi connectivity index (χ1) is 7.66.